The Hall–Kier alpha value is -2.52. The molecule has 0 N–H and O–H groups in total. The number of methoxy groups -OCH3 is 1. The molecule has 0 saturated carbocycles. The lowest BCUT2D eigenvalue weighted by molar-refractivity contribution is 0.414. The van der Waals surface area contributed by atoms with Crippen molar-refractivity contribution in [3.8, 4) is 5.75 Å². The standard InChI is InChI=1S/C20H17ClN2O/c1-24-15-8-6-14(7-9-15)10-12-23-13-11-17-19(23)16-4-2-3-5-18(16)22-20(17)21/h2-9,11,13H,10,12H2,1H3. The quantitative estimate of drug-likeness (QED) is 0.485. The van der Waals surface area contributed by atoms with Gasteiger partial charge in [0, 0.05) is 23.5 Å². The van der Waals surface area contributed by atoms with Crippen LogP contribution >= 0.6 is 11.6 Å². The number of nitrogens with zero attached hydrogens (tertiary/aromatic N) is 2. The van der Waals surface area contributed by atoms with E-state index in [-0.39, 0.29) is 0 Å². The number of rotatable bonds is 4. The Morgan fingerprint density at radius 2 is 1.79 bits per heavy atom. The molecule has 2 heterocycles. The average Bonchev–Trinajstić information content (AvgIpc) is 3.05. The molecule has 0 aliphatic rings. The third kappa shape index (κ3) is 2.61. The first-order valence-corrected chi connectivity index (χ1v) is 8.30. The summed E-state index contributed by atoms with van der Waals surface area (Å²) < 4.78 is 7.47. The largest absolute Gasteiger partial charge is 0.497 e. The molecule has 3 nitrogen and oxygen atoms in total. The number of ether oxygens (including phenoxy) is 1. The SMILES string of the molecule is COc1ccc(CCn2ccc3c(Cl)nc4ccccc4c32)cc1. The molecule has 0 radical (unpaired) electrons. The van der Waals surface area contributed by atoms with Crippen LogP contribution in [0.4, 0.5) is 0 Å². The summed E-state index contributed by atoms with van der Waals surface area (Å²) in [6, 6.07) is 18.4. The first-order valence-electron chi connectivity index (χ1n) is 7.92. The van der Waals surface area contributed by atoms with Crippen LogP contribution in [0.15, 0.2) is 60.8 Å². The third-order valence-electron chi connectivity index (χ3n) is 4.36. The van der Waals surface area contributed by atoms with Gasteiger partial charge in [-0.3, -0.25) is 0 Å². The van der Waals surface area contributed by atoms with Gasteiger partial charge in [0.15, 0.2) is 0 Å². The van der Waals surface area contributed by atoms with Crippen LogP contribution in [0.1, 0.15) is 5.56 Å². The molecular weight excluding hydrogens is 320 g/mol. The van der Waals surface area contributed by atoms with Crippen molar-refractivity contribution in [3.63, 3.8) is 0 Å². The van der Waals surface area contributed by atoms with E-state index < -0.39 is 0 Å². The van der Waals surface area contributed by atoms with Gasteiger partial charge in [-0.1, -0.05) is 41.9 Å². The van der Waals surface area contributed by atoms with Crippen molar-refractivity contribution in [2.24, 2.45) is 0 Å². The number of pyridine rings is 1. The highest BCUT2D eigenvalue weighted by Crippen LogP contribution is 2.30. The van der Waals surface area contributed by atoms with Gasteiger partial charge < -0.3 is 9.30 Å². The average molecular weight is 337 g/mol. The lowest BCUT2D eigenvalue weighted by Gasteiger charge is -2.09. The number of benzene rings is 2. The fourth-order valence-corrected chi connectivity index (χ4v) is 3.35. The van der Waals surface area contributed by atoms with E-state index in [1.807, 2.05) is 36.4 Å². The van der Waals surface area contributed by atoms with Gasteiger partial charge in [-0.2, -0.15) is 0 Å². The van der Waals surface area contributed by atoms with Crippen molar-refractivity contribution >= 4 is 33.4 Å². The maximum atomic E-state index is 6.36. The van der Waals surface area contributed by atoms with Crippen molar-refractivity contribution in [1.29, 1.82) is 0 Å². The van der Waals surface area contributed by atoms with Crippen LogP contribution in [0.25, 0.3) is 21.8 Å². The molecule has 4 rings (SSSR count). The van der Waals surface area contributed by atoms with Crippen LogP contribution < -0.4 is 4.74 Å². The van der Waals surface area contributed by atoms with E-state index in [0.717, 1.165) is 40.5 Å². The van der Waals surface area contributed by atoms with Crippen molar-refractivity contribution in [3.05, 3.63) is 71.5 Å². The molecule has 0 spiro atoms. The molecule has 0 saturated heterocycles. The van der Waals surface area contributed by atoms with Crippen LogP contribution in [0, 0.1) is 0 Å². The van der Waals surface area contributed by atoms with Gasteiger partial charge in [0.2, 0.25) is 0 Å². The number of aromatic nitrogens is 2. The predicted molar refractivity (Wildman–Crippen MR) is 98.9 cm³/mol. The zero-order valence-electron chi connectivity index (χ0n) is 13.4. The molecule has 0 fully saturated rings. The minimum absolute atomic E-state index is 0.562. The molecule has 0 atom stereocenters. The topological polar surface area (TPSA) is 27.1 Å². The fourth-order valence-electron chi connectivity index (χ4n) is 3.10. The predicted octanol–water partition coefficient (Wildman–Crippen LogP) is 5.09. The first kappa shape index (κ1) is 15.0. The second-order valence-corrected chi connectivity index (χ2v) is 6.15. The molecule has 2 aromatic carbocycles. The van der Waals surface area contributed by atoms with Crippen molar-refractivity contribution in [2.45, 2.75) is 13.0 Å². The molecular formula is C20H17ClN2O. The summed E-state index contributed by atoms with van der Waals surface area (Å²) in [6.45, 7) is 0.889. The van der Waals surface area contributed by atoms with Crippen molar-refractivity contribution < 1.29 is 4.74 Å². The zero-order chi connectivity index (χ0) is 16.5. The fraction of sp³-hybridized carbons (Fsp3) is 0.150. The number of hydrogen-bond donors (Lipinski definition) is 0. The van der Waals surface area contributed by atoms with Crippen LogP contribution in [-0.2, 0) is 13.0 Å². The van der Waals surface area contributed by atoms with Gasteiger partial charge >= 0.3 is 0 Å². The maximum Gasteiger partial charge on any atom is 0.139 e. The number of aryl methyl sites for hydroxylation is 2. The molecule has 24 heavy (non-hydrogen) atoms. The first-order chi connectivity index (χ1) is 11.8. The third-order valence-corrected chi connectivity index (χ3v) is 4.65. The molecule has 2 aromatic heterocycles. The molecule has 0 amide bonds. The van der Waals surface area contributed by atoms with E-state index in [4.69, 9.17) is 16.3 Å². The highest BCUT2D eigenvalue weighted by molar-refractivity contribution is 6.35. The Morgan fingerprint density at radius 3 is 2.58 bits per heavy atom. The van der Waals surface area contributed by atoms with Crippen molar-refractivity contribution in [2.75, 3.05) is 7.11 Å². The summed E-state index contributed by atoms with van der Waals surface area (Å²) >= 11 is 6.36. The Balaban J connectivity index is 1.71. The van der Waals surface area contributed by atoms with Gasteiger partial charge in [-0.25, -0.2) is 4.98 Å². The Labute approximate surface area is 145 Å². The second-order valence-electron chi connectivity index (χ2n) is 5.79. The highest BCUT2D eigenvalue weighted by Gasteiger charge is 2.11. The van der Waals surface area contributed by atoms with E-state index in [9.17, 15) is 0 Å². The lowest BCUT2D eigenvalue weighted by atomic mass is 10.1. The molecule has 0 aliphatic heterocycles. The second kappa shape index (κ2) is 6.17. The van der Waals surface area contributed by atoms with Crippen molar-refractivity contribution in [1.82, 2.24) is 9.55 Å². The van der Waals surface area contributed by atoms with E-state index in [1.165, 1.54) is 5.56 Å². The number of halogens is 1. The maximum absolute atomic E-state index is 6.36. The molecule has 4 heteroatoms. The minimum Gasteiger partial charge on any atom is -0.497 e. The molecule has 0 unspecified atom stereocenters. The Morgan fingerprint density at radius 1 is 1.00 bits per heavy atom. The van der Waals surface area contributed by atoms with Gasteiger partial charge in [-0.15, -0.1) is 0 Å². The smallest absolute Gasteiger partial charge is 0.139 e. The van der Waals surface area contributed by atoms with Crippen LogP contribution in [-0.4, -0.2) is 16.7 Å². The summed E-state index contributed by atoms with van der Waals surface area (Å²) in [5.74, 6) is 0.883. The van der Waals surface area contributed by atoms with Gasteiger partial charge in [-0.05, 0) is 36.2 Å². The van der Waals surface area contributed by atoms with Crippen LogP contribution in [0.3, 0.4) is 0 Å². The highest BCUT2D eigenvalue weighted by atomic mass is 35.5. The lowest BCUT2D eigenvalue weighted by Crippen LogP contribution is -2.00. The molecule has 0 bridgehead atoms. The van der Waals surface area contributed by atoms with Crippen LogP contribution in [0.2, 0.25) is 5.15 Å². The van der Waals surface area contributed by atoms with Gasteiger partial charge in [0.25, 0.3) is 0 Å². The van der Waals surface area contributed by atoms with E-state index in [2.05, 4.69) is 33.9 Å². The minimum atomic E-state index is 0.562. The Kier molecular flexibility index (Phi) is 3.87. The van der Waals surface area contributed by atoms with Gasteiger partial charge in [0.05, 0.1) is 18.1 Å². The number of fused-ring (bicyclic) bond motifs is 3. The van der Waals surface area contributed by atoms with Gasteiger partial charge in [0.1, 0.15) is 10.9 Å². The van der Waals surface area contributed by atoms with E-state index in [1.54, 1.807) is 7.11 Å². The molecule has 0 aliphatic carbocycles. The van der Waals surface area contributed by atoms with Crippen LogP contribution in [0.5, 0.6) is 5.75 Å². The van der Waals surface area contributed by atoms with E-state index in [0.29, 0.717) is 5.15 Å². The summed E-state index contributed by atoms with van der Waals surface area (Å²) in [4.78, 5) is 4.49. The zero-order valence-corrected chi connectivity index (χ0v) is 14.1. The Bertz CT molecular complexity index is 1010. The summed E-state index contributed by atoms with van der Waals surface area (Å²) in [7, 11) is 1.68. The molecule has 120 valence electrons. The normalized spacial score (nSPS) is 11.2. The summed E-state index contributed by atoms with van der Waals surface area (Å²) in [5.41, 5.74) is 3.36. The summed E-state index contributed by atoms with van der Waals surface area (Å²) in [5, 5.41) is 2.70. The molecule has 4 aromatic rings. The number of hydrogen-bond acceptors (Lipinski definition) is 2. The van der Waals surface area contributed by atoms with E-state index >= 15 is 0 Å². The monoisotopic (exact) mass is 336 g/mol. The number of para-hydroxylation sites is 1. The summed E-state index contributed by atoms with van der Waals surface area (Å²) in [6.07, 6.45) is 3.04.